The van der Waals surface area contributed by atoms with Crippen LogP contribution in [0.3, 0.4) is 0 Å². The molecule has 0 fully saturated rings. The molecule has 0 aliphatic heterocycles. The molecule has 2 aromatic heterocycles. The SMILES string of the molecule is NC(=O)C(Sc1nnnn1Cc1ccco1)c1ccccc1. The fraction of sp³-hybridized carbons (Fsp3) is 0.143. The first-order valence-corrected chi connectivity index (χ1v) is 7.41. The molecule has 0 saturated carbocycles. The first kappa shape index (κ1) is 14.3. The lowest BCUT2D eigenvalue weighted by Gasteiger charge is -2.12. The highest BCUT2D eigenvalue weighted by atomic mass is 32.2. The number of furan rings is 1. The summed E-state index contributed by atoms with van der Waals surface area (Å²) in [6.07, 6.45) is 1.59. The Labute approximate surface area is 130 Å². The second-order valence-electron chi connectivity index (χ2n) is 4.51. The monoisotopic (exact) mass is 315 g/mol. The Morgan fingerprint density at radius 3 is 2.77 bits per heavy atom. The van der Waals surface area contributed by atoms with E-state index in [-0.39, 0.29) is 0 Å². The van der Waals surface area contributed by atoms with Gasteiger partial charge in [-0.1, -0.05) is 42.1 Å². The Morgan fingerprint density at radius 2 is 2.09 bits per heavy atom. The molecular weight excluding hydrogens is 302 g/mol. The molecule has 0 bridgehead atoms. The highest BCUT2D eigenvalue weighted by Crippen LogP contribution is 2.33. The van der Waals surface area contributed by atoms with Gasteiger partial charge in [0.2, 0.25) is 11.1 Å². The maximum atomic E-state index is 11.8. The predicted octanol–water partition coefficient (Wildman–Crippen LogP) is 1.63. The standard InChI is InChI=1S/C14H13N5O2S/c15-13(20)12(10-5-2-1-3-6-10)22-14-16-17-18-19(14)9-11-7-4-8-21-11/h1-8,12H,9H2,(H2,15,20). The average Bonchev–Trinajstić information content (AvgIpc) is 3.18. The number of carbonyl (C=O) groups excluding carboxylic acids is 1. The van der Waals surface area contributed by atoms with Gasteiger partial charge in [0.15, 0.2) is 0 Å². The number of carbonyl (C=O) groups is 1. The number of hydrogen-bond acceptors (Lipinski definition) is 6. The first-order valence-electron chi connectivity index (χ1n) is 6.53. The fourth-order valence-corrected chi connectivity index (χ4v) is 2.88. The van der Waals surface area contributed by atoms with E-state index < -0.39 is 11.2 Å². The highest BCUT2D eigenvalue weighted by molar-refractivity contribution is 8.00. The Morgan fingerprint density at radius 1 is 1.27 bits per heavy atom. The first-order chi connectivity index (χ1) is 10.7. The summed E-state index contributed by atoms with van der Waals surface area (Å²) >= 11 is 1.22. The van der Waals surface area contributed by atoms with E-state index in [0.29, 0.717) is 11.7 Å². The molecule has 0 spiro atoms. The number of thioether (sulfide) groups is 1. The number of primary amides is 1. The maximum absolute atomic E-state index is 11.8. The number of tetrazole rings is 1. The minimum absolute atomic E-state index is 0.391. The van der Waals surface area contributed by atoms with E-state index in [0.717, 1.165) is 11.3 Å². The zero-order valence-electron chi connectivity index (χ0n) is 11.5. The van der Waals surface area contributed by atoms with E-state index in [4.69, 9.17) is 10.2 Å². The van der Waals surface area contributed by atoms with Crippen molar-refractivity contribution >= 4 is 17.7 Å². The second-order valence-corrected chi connectivity index (χ2v) is 5.58. The van der Waals surface area contributed by atoms with Crippen molar-refractivity contribution in [3.8, 4) is 0 Å². The average molecular weight is 315 g/mol. The molecule has 0 aliphatic carbocycles. The van der Waals surface area contributed by atoms with Gasteiger partial charge in [0.1, 0.15) is 17.6 Å². The summed E-state index contributed by atoms with van der Waals surface area (Å²) in [4.78, 5) is 11.8. The third-order valence-electron chi connectivity index (χ3n) is 2.97. The quantitative estimate of drug-likeness (QED) is 0.694. The van der Waals surface area contributed by atoms with Crippen molar-refractivity contribution in [1.82, 2.24) is 20.2 Å². The molecule has 1 unspecified atom stereocenters. The third-order valence-corrected chi connectivity index (χ3v) is 4.21. The maximum Gasteiger partial charge on any atom is 0.235 e. The van der Waals surface area contributed by atoms with E-state index in [2.05, 4.69) is 15.5 Å². The normalized spacial score (nSPS) is 12.2. The molecule has 0 saturated heterocycles. The van der Waals surface area contributed by atoms with Crippen LogP contribution in [0, 0.1) is 0 Å². The third kappa shape index (κ3) is 3.17. The van der Waals surface area contributed by atoms with Crippen molar-refractivity contribution in [3.63, 3.8) is 0 Å². The number of aromatic nitrogens is 4. The summed E-state index contributed by atoms with van der Waals surface area (Å²) in [5.74, 6) is 0.285. The van der Waals surface area contributed by atoms with Crippen molar-refractivity contribution in [1.29, 1.82) is 0 Å². The van der Waals surface area contributed by atoms with Gasteiger partial charge in [-0.05, 0) is 28.1 Å². The van der Waals surface area contributed by atoms with Crippen LogP contribution in [0.2, 0.25) is 0 Å². The molecular formula is C14H13N5O2S. The van der Waals surface area contributed by atoms with Gasteiger partial charge >= 0.3 is 0 Å². The summed E-state index contributed by atoms with van der Waals surface area (Å²) in [6.45, 7) is 0.391. The van der Waals surface area contributed by atoms with E-state index in [1.807, 2.05) is 36.4 Å². The van der Waals surface area contributed by atoms with Crippen LogP contribution in [0.25, 0.3) is 0 Å². The van der Waals surface area contributed by atoms with Crippen molar-refractivity contribution < 1.29 is 9.21 Å². The smallest absolute Gasteiger partial charge is 0.235 e. The van der Waals surface area contributed by atoms with Gasteiger partial charge in [0.05, 0.1) is 6.26 Å². The van der Waals surface area contributed by atoms with Crippen molar-refractivity contribution in [2.24, 2.45) is 5.73 Å². The van der Waals surface area contributed by atoms with Gasteiger partial charge in [0, 0.05) is 0 Å². The predicted molar refractivity (Wildman–Crippen MR) is 79.9 cm³/mol. The summed E-state index contributed by atoms with van der Waals surface area (Å²) in [6, 6.07) is 12.9. The molecule has 1 atom stereocenters. The minimum atomic E-state index is -0.553. The number of nitrogens with two attached hydrogens (primary N) is 1. The van der Waals surface area contributed by atoms with Crippen LogP contribution < -0.4 is 5.73 Å². The van der Waals surface area contributed by atoms with Crippen LogP contribution in [0.5, 0.6) is 0 Å². The number of benzene rings is 1. The van der Waals surface area contributed by atoms with Crippen molar-refractivity contribution in [3.05, 3.63) is 60.1 Å². The number of nitrogens with zero attached hydrogens (tertiary/aromatic N) is 4. The van der Waals surface area contributed by atoms with Gasteiger partial charge < -0.3 is 10.2 Å². The van der Waals surface area contributed by atoms with E-state index in [1.54, 1.807) is 17.0 Å². The zero-order valence-corrected chi connectivity index (χ0v) is 12.3. The molecule has 2 heterocycles. The molecule has 1 amide bonds. The van der Waals surface area contributed by atoms with Crippen LogP contribution >= 0.6 is 11.8 Å². The largest absolute Gasteiger partial charge is 0.467 e. The summed E-state index contributed by atoms with van der Waals surface area (Å²) < 4.78 is 6.85. The molecule has 1 aromatic carbocycles. The molecule has 0 radical (unpaired) electrons. The molecule has 0 aliphatic rings. The summed E-state index contributed by atoms with van der Waals surface area (Å²) in [7, 11) is 0. The van der Waals surface area contributed by atoms with Crippen LogP contribution in [0.15, 0.2) is 58.3 Å². The molecule has 22 heavy (non-hydrogen) atoms. The van der Waals surface area contributed by atoms with Crippen LogP contribution in [0.1, 0.15) is 16.6 Å². The molecule has 7 nitrogen and oxygen atoms in total. The molecule has 112 valence electrons. The van der Waals surface area contributed by atoms with Gasteiger partial charge in [0.25, 0.3) is 0 Å². The van der Waals surface area contributed by atoms with Gasteiger partial charge in [-0.2, -0.15) is 0 Å². The van der Waals surface area contributed by atoms with Crippen molar-refractivity contribution in [2.75, 3.05) is 0 Å². The van der Waals surface area contributed by atoms with Crippen LogP contribution in [-0.4, -0.2) is 26.1 Å². The van der Waals surface area contributed by atoms with Crippen LogP contribution in [0.4, 0.5) is 0 Å². The van der Waals surface area contributed by atoms with Gasteiger partial charge in [-0.25, -0.2) is 4.68 Å². The number of rotatable bonds is 6. The Bertz CT molecular complexity index is 742. The highest BCUT2D eigenvalue weighted by Gasteiger charge is 2.22. The Balaban J connectivity index is 1.82. The summed E-state index contributed by atoms with van der Waals surface area (Å²) in [5, 5.41) is 11.5. The summed E-state index contributed by atoms with van der Waals surface area (Å²) in [5.41, 5.74) is 6.33. The molecule has 3 aromatic rings. The van der Waals surface area contributed by atoms with E-state index in [9.17, 15) is 4.79 Å². The Hall–Kier alpha value is -2.61. The van der Waals surface area contributed by atoms with E-state index in [1.165, 1.54) is 11.8 Å². The molecule has 2 N–H and O–H groups in total. The lowest BCUT2D eigenvalue weighted by molar-refractivity contribution is -0.117. The fourth-order valence-electron chi connectivity index (χ4n) is 1.95. The van der Waals surface area contributed by atoms with Gasteiger partial charge in [-0.15, -0.1) is 5.10 Å². The number of hydrogen-bond donors (Lipinski definition) is 1. The molecule has 3 rings (SSSR count). The van der Waals surface area contributed by atoms with Gasteiger partial charge in [-0.3, -0.25) is 4.79 Å². The second kappa shape index (κ2) is 6.44. The van der Waals surface area contributed by atoms with E-state index >= 15 is 0 Å². The lowest BCUT2D eigenvalue weighted by Crippen LogP contribution is -2.19. The zero-order chi connectivity index (χ0) is 15.4. The molecule has 8 heteroatoms. The topological polar surface area (TPSA) is 99.8 Å². The lowest BCUT2D eigenvalue weighted by atomic mass is 10.1. The Kier molecular flexibility index (Phi) is 4.19. The van der Waals surface area contributed by atoms with Crippen molar-refractivity contribution in [2.45, 2.75) is 17.0 Å². The number of amides is 1. The minimum Gasteiger partial charge on any atom is -0.467 e. The van der Waals surface area contributed by atoms with Crippen LogP contribution in [-0.2, 0) is 11.3 Å².